The van der Waals surface area contributed by atoms with Gasteiger partial charge in [0.15, 0.2) is 0 Å². The quantitative estimate of drug-likeness (QED) is 0.647. The van der Waals surface area contributed by atoms with Crippen molar-refractivity contribution in [1.82, 2.24) is 15.6 Å². The Labute approximate surface area is 138 Å². The Morgan fingerprint density at radius 2 is 2.14 bits per heavy atom. The van der Waals surface area contributed by atoms with E-state index in [0.29, 0.717) is 22.9 Å². The predicted octanol–water partition coefficient (Wildman–Crippen LogP) is 3.42. The smallest absolute Gasteiger partial charge is 0.240 e. The zero-order valence-electron chi connectivity index (χ0n) is 12.3. The number of carbonyl (C=O) groups is 1. The van der Waals surface area contributed by atoms with Crippen LogP contribution in [-0.4, -0.2) is 22.3 Å². The van der Waals surface area contributed by atoms with Crippen LogP contribution in [0.3, 0.4) is 0 Å². The zero-order chi connectivity index (χ0) is 16.1. The molecular formula is C15H16Cl2N4O. The summed E-state index contributed by atoms with van der Waals surface area (Å²) in [6.07, 6.45) is 2.50. The van der Waals surface area contributed by atoms with Crippen LogP contribution < -0.4 is 5.43 Å². The fourth-order valence-electron chi connectivity index (χ4n) is 2.01. The Bertz CT molecular complexity index is 690. The molecule has 2 N–H and O–H groups in total. The van der Waals surface area contributed by atoms with Gasteiger partial charge in [0.25, 0.3) is 0 Å². The summed E-state index contributed by atoms with van der Waals surface area (Å²) in [5.41, 5.74) is 6.23. The number of H-pyrrole nitrogens is 1. The largest absolute Gasteiger partial charge is 0.282 e. The Balaban J connectivity index is 1.85. The number of nitrogens with one attached hydrogen (secondary N) is 2. The molecule has 1 heterocycles. The van der Waals surface area contributed by atoms with Gasteiger partial charge < -0.3 is 0 Å². The summed E-state index contributed by atoms with van der Waals surface area (Å²) in [6.45, 7) is 3.86. The van der Waals surface area contributed by atoms with Gasteiger partial charge in [-0.15, -0.1) is 0 Å². The number of hydrazone groups is 1. The Morgan fingerprint density at radius 1 is 1.36 bits per heavy atom. The predicted molar refractivity (Wildman–Crippen MR) is 88.6 cm³/mol. The number of carbonyl (C=O) groups excluding carboxylic acids is 1. The highest BCUT2D eigenvalue weighted by Gasteiger charge is 2.08. The van der Waals surface area contributed by atoms with E-state index in [0.717, 1.165) is 22.5 Å². The molecule has 0 atom stereocenters. The number of hydrogen-bond acceptors (Lipinski definition) is 3. The normalized spacial score (nSPS) is 11.1. The maximum Gasteiger partial charge on any atom is 0.240 e. The molecule has 1 aromatic carbocycles. The number of amides is 1. The van der Waals surface area contributed by atoms with Crippen molar-refractivity contribution in [3.8, 4) is 0 Å². The van der Waals surface area contributed by atoms with Crippen molar-refractivity contribution in [2.75, 3.05) is 0 Å². The lowest BCUT2D eigenvalue weighted by molar-refractivity contribution is -0.121. The highest BCUT2D eigenvalue weighted by molar-refractivity contribution is 6.42. The first-order valence-corrected chi connectivity index (χ1v) is 7.50. The summed E-state index contributed by atoms with van der Waals surface area (Å²) < 4.78 is 0. The second kappa shape index (κ2) is 7.42. The molecule has 7 heteroatoms. The maximum absolute atomic E-state index is 11.8. The molecular weight excluding hydrogens is 323 g/mol. The van der Waals surface area contributed by atoms with Crippen LogP contribution in [0.2, 0.25) is 10.0 Å². The van der Waals surface area contributed by atoms with E-state index in [-0.39, 0.29) is 5.91 Å². The monoisotopic (exact) mass is 338 g/mol. The number of aromatic amines is 1. The Kier molecular flexibility index (Phi) is 5.57. The van der Waals surface area contributed by atoms with Crippen LogP contribution in [-0.2, 0) is 11.2 Å². The lowest BCUT2D eigenvalue weighted by Gasteiger charge is -2.01. The average Bonchev–Trinajstić information content (AvgIpc) is 2.80. The molecule has 0 spiro atoms. The first-order valence-electron chi connectivity index (χ1n) is 6.74. The van der Waals surface area contributed by atoms with Gasteiger partial charge in [0.1, 0.15) is 0 Å². The zero-order valence-corrected chi connectivity index (χ0v) is 13.8. The topological polar surface area (TPSA) is 70.1 Å². The third-order valence-electron chi connectivity index (χ3n) is 3.23. The summed E-state index contributed by atoms with van der Waals surface area (Å²) in [5.74, 6) is -0.156. The van der Waals surface area contributed by atoms with E-state index < -0.39 is 0 Å². The van der Waals surface area contributed by atoms with Crippen molar-refractivity contribution >= 4 is 35.3 Å². The lowest BCUT2D eigenvalue weighted by atomic mass is 10.1. The van der Waals surface area contributed by atoms with Crippen LogP contribution in [0.25, 0.3) is 0 Å². The van der Waals surface area contributed by atoms with Crippen LogP contribution in [0.5, 0.6) is 0 Å². The minimum absolute atomic E-state index is 0.156. The van der Waals surface area contributed by atoms with Gasteiger partial charge in [-0.05, 0) is 43.5 Å². The average molecular weight is 339 g/mol. The third-order valence-corrected chi connectivity index (χ3v) is 3.97. The van der Waals surface area contributed by atoms with E-state index >= 15 is 0 Å². The number of nitrogens with zero attached hydrogens (tertiary/aromatic N) is 2. The number of aromatic nitrogens is 2. The second-order valence-corrected chi connectivity index (χ2v) is 5.69. The standard InChI is InChI=1S/C15H16Cl2N4O/c1-9-12(10(2)20-19-9)4-6-15(22)21-18-8-11-3-5-13(16)14(17)7-11/h3,5,7-8H,4,6H2,1-2H3,(H,19,20)(H,21,22). The van der Waals surface area contributed by atoms with E-state index in [1.54, 1.807) is 18.2 Å². The Hall–Kier alpha value is -1.85. The summed E-state index contributed by atoms with van der Waals surface area (Å²) in [6, 6.07) is 5.12. The molecule has 0 saturated carbocycles. The fraction of sp³-hybridized carbons (Fsp3) is 0.267. The molecule has 116 valence electrons. The van der Waals surface area contributed by atoms with Crippen molar-refractivity contribution < 1.29 is 4.79 Å². The van der Waals surface area contributed by atoms with Gasteiger partial charge in [-0.2, -0.15) is 10.2 Å². The van der Waals surface area contributed by atoms with Crippen LogP contribution in [0, 0.1) is 13.8 Å². The lowest BCUT2D eigenvalue weighted by Crippen LogP contribution is -2.18. The van der Waals surface area contributed by atoms with Crippen LogP contribution in [0.1, 0.15) is 28.9 Å². The van der Waals surface area contributed by atoms with Crippen molar-refractivity contribution in [1.29, 1.82) is 0 Å². The van der Waals surface area contributed by atoms with E-state index in [4.69, 9.17) is 23.2 Å². The van der Waals surface area contributed by atoms with Gasteiger partial charge in [0.05, 0.1) is 22.0 Å². The molecule has 0 unspecified atom stereocenters. The van der Waals surface area contributed by atoms with Gasteiger partial charge in [-0.25, -0.2) is 5.43 Å². The molecule has 1 amide bonds. The van der Waals surface area contributed by atoms with E-state index in [1.807, 2.05) is 13.8 Å². The van der Waals surface area contributed by atoms with Crippen molar-refractivity contribution in [3.05, 3.63) is 50.8 Å². The molecule has 0 aliphatic rings. The van der Waals surface area contributed by atoms with Gasteiger partial charge in [0.2, 0.25) is 5.91 Å². The maximum atomic E-state index is 11.8. The van der Waals surface area contributed by atoms with Gasteiger partial charge in [0, 0.05) is 12.1 Å². The highest BCUT2D eigenvalue weighted by atomic mass is 35.5. The van der Waals surface area contributed by atoms with Crippen molar-refractivity contribution in [3.63, 3.8) is 0 Å². The molecule has 0 saturated heterocycles. The molecule has 0 aliphatic heterocycles. The summed E-state index contributed by atoms with van der Waals surface area (Å²) in [7, 11) is 0. The number of hydrogen-bond donors (Lipinski definition) is 2. The summed E-state index contributed by atoms with van der Waals surface area (Å²) in [5, 5.41) is 11.8. The van der Waals surface area contributed by atoms with E-state index in [2.05, 4.69) is 20.7 Å². The molecule has 5 nitrogen and oxygen atoms in total. The first kappa shape index (κ1) is 16.5. The molecule has 0 aliphatic carbocycles. The molecule has 2 rings (SSSR count). The number of halogens is 2. The minimum Gasteiger partial charge on any atom is -0.282 e. The van der Waals surface area contributed by atoms with E-state index in [1.165, 1.54) is 6.21 Å². The van der Waals surface area contributed by atoms with Crippen molar-refractivity contribution in [2.45, 2.75) is 26.7 Å². The first-order chi connectivity index (χ1) is 10.5. The van der Waals surface area contributed by atoms with E-state index in [9.17, 15) is 4.79 Å². The second-order valence-electron chi connectivity index (χ2n) is 4.88. The molecule has 1 aromatic heterocycles. The van der Waals surface area contributed by atoms with Gasteiger partial charge >= 0.3 is 0 Å². The van der Waals surface area contributed by atoms with Crippen LogP contribution >= 0.6 is 23.2 Å². The molecule has 0 fully saturated rings. The van der Waals surface area contributed by atoms with Crippen molar-refractivity contribution in [2.24, 2.45) is 5.10 Å². The fourth-order valence-corrected chi connectivity index (χ4v) is 2.31. The highest BCUT2D eigenvalue weighted by Crippen LogP contribution is 2.21. The minimum atomic E-state index is -0.156. The van der Waals surface area contributed by atoms with Gasteiger partial charge in [-0.3, -0.25) is 9.89 Å². The molecule has 2 aromatic rings. The molecule has 0 radical (unpaired) electrons. The SMILES string of the molecule is Cc1n[nH]c(C)c1CCC(=O)NN=Cc1ccc(Cl)c(Cl)c1. The number of benzene rings is 1. The number of aryl methyl sites for hydroxylation is 2. The molecule has 22 heavy (non-hydrogen) atoms. The summed E-state index contributed by atoms with van der Waals surface area (Å²) >= 11 is 11.7. The molecule has 0 bridgehead atoms. The van der Waals surface area contributed by atoms with Gasteiger partial charge in [-0.1, -0.05) is 29.3 Å². The Morgan fingerprint density at radius 3 is 2.77 bits per heavy atom. The number of rotatable bonds is 5. The van der Waals surface area contributed by atoms with Crippen LogP contribution in [0.4, 0.5) is 0 Å². The van der Waals surface area contributed by atoms with Crippen LogP contribution in [0.15, 0.2) is 23.3 Å². The summed E-state index contributed by atoms with van der Waals surface area (Å²) in [4.78, 5) is 11.8. The third kappa shape index (κ3) is 4.32.